The van der Waals surface area contributed by atoms with Crippen molar-refractivity contribution in [2.24, 2.45) is 5.73 Å². The van der Waals surface area contributed by atoms with Gasteiger partial charge in [0, 0.05) is 59.9 Å². The van der Waals surface area contributed by atoms with Crippen LogP contribution in [0.3, 0.4) is 0 Å². The molecule has 2 atom stereocenters. The van der Waals surface area contributed by atoms with Crippen molar-refractivity contribution < 1.29 is 4.79 Å². The Morgan fingerprint density at radius 3 is 2.67 bits per heavy atom. The van der Waals surface area contributed by atoms with E-state index in [0.717, 1.165) is 30.0 Å². The van der Waals surface area contributed by atoms with Crippen molar-refractivity contribution in [3.05, 3.63) is 59.2 Å². The molecular formula is C24H27N7OS. The number of amides is 1. The van der Waals surface area contributed by atoms with Crippen molar-refractivity contribution in [1.82, 2.24) is 19.3 Å². The summed E-state index contributed by atoms with van der Waals surface area (Å²) in [4.78, 5) is 26.0. The number of fused-ring (bicyclic) bond motifs is 1. The fourth-order valence-electron chi connectivity index (χ4n) is 4.35. The van der Waals surface area contributed by atoms with E-state index in [9.17, 15) is 4.79 Å². The number of nitrogens with one attached hydrogen (secondary N) is 1. The lowest BCUT2D eigenvalue weighted by Gasteiger charge is -2.43. The fraction of sp³-hybridized carbons (Fsp3) is 0.292. The number of anilines is 3. The molecule has 3 N–H and O–H groups in total. The summed E-state index contributed by atoms with van der Waals surface area (Å²) in [5.41, 5.74) is 10.0. The predicted octanol–water partition coefficient (Wildman–Crippen LogP) is 3.83. The molecule has 3 aromatic heterocycles. The highest BCUT2D eigenvalue weighted by Crippen LogP contribution is 2.29. The zero-order chi connectivity index (χ0) is 23.1. The number of nitrogens with two attached hydrogens (primary N) is 1. The minimum Gasteiger partial charge on any atom is -0.366 e. The predicted molar refractivity (Wildman–Crippen MR) is 133 cm³/mol. The Labute approximate surface area is 196 Å². The van der Waals surface area contributed by atoms with Crippen LogP contribution < -0.4 is 16.0 Å². The molecule has 0 spiro atoms. The van der Waals surface area contributed by atoms with Gasteiger partial charge in [0.2, 0.25) is 0 Å². The lowest BCUT2D eigenvalue weighted by molar-refractivity contribution is 0.100. The van der Waals surface area contributed by atoms with E-state index in [4.69, 9.17) is 5.73 Å². The Kier molecular flexibility index (Phi) is 5.51. The average Bonchev–Trinajstić information content (AvgIpc) is 3.48. The number of likely N-dealkylation sites (N-methyl/N-ethyl adjacent to an activating group) is 1. The smallest absolute Gasteiger partial charge is 0.258 e. The molecule has 33 heavy (non-hydrogen) atoms. The van der Waals surface area contributed by atoms with Gasteiger partial charge >= 0.3 is 0 Å². The normalized spacial score (nSPS) is 19.2. The molecule has 1 aliphatic rings. The van der Waals surface area contributed by atoms with Crippen LogP contribution >= 0.6 is 11.3 Å². The quantitative estimate of drug-likeness (QED) is 0.469. The monoisotopic (exact) mass is 461 g/mol. The second-order valence-electron chi connectivity index (χ2n) is 8.64. The first-order valence-corrected chi connectivity index (χ1v) is 11.8. The molecule has 4 aromatic rings. The van der Waals surface area contributed by atoms with Gasteiger partial charge in [-0.2, -0.15) is 0 Å². The summed E-state index contributed by atoms with van der Waals surface area (Å²) in [6, 6.07) is 11.3. The van der Waals surface area contributed by atoms with E-state index in [1.807, 2.05) is 16.0 Å². The van der Waals surface area contributed by atoms with Crippen LogP contribution in [0, 0.1) is 0 Å². The summed E-state index contributed by atoms with van der Waals surface area (Å²) in [6.45, 7) is 6.61. The molecule has 0 bridgehead atoms. The highest BCUT2D eigenvalue weighted by molar-refractivity contribution is 7.12. The van der Waals surface area contributed by atoms with Gasteiger partial charge < -0.3 is 16.0 Å². The number of primary amides is 1. The van der Waals surface area contributed by atoms with Crippen molar-refractivity contribution in [1.29, 1.82) is 0 Å². The van der Waals surface area contributed by atoms with Crippen molar-refractivity contribution in [3.8, 4) is 11.3 Å². The Morgan fingerprint density at radius 2 is 1.94 bits per heavy atom. The van der Waals surface area contributed by atoms with E-state index >= 15 is 0 Å². The summed E-state index contributed by atoms with van der Waals surface area (Å²) < 4.78 is 1.96. The van der Waals surface area contributed by atoms with Crippen LogP contribution in [-0.2, 0) is 0 Å². The lowest BCUT2D eigenvalue weighted by Crippen LogP contribution is -2.55. The number of aromatic nitrogens is 3. The van der Waals surface area contributed by atoms with Gasteiger partial charge in [-0.25, -0.2) is 9.97 Å². The van der Waals surface area contributed by atoms with Crippen LogP contribution in [0.5, 0.6) is 0 Å². The summed E-state index contributed by atoms with van der Waals surface area (Å²) in [5.74, 6) is 0.242. The number of carbonyl (C=O) groups is 1. The van der Waals surface area contributed by atoms with E-state index < -0.39 is 5.91 Å². The number of piperazine rings is 1. The second-order valence-corrected chi connectivity index (χ2v) is 9.55. The number of nitrogens with zero attached hydrogens (tertiary/aromatic N) is 5. The second kappa shape index (κ2) is 8.49. The third kappa shape index (κ3) is 4.05. The molecule has 8 nitrogen and oxygen atoms in total. The van der Waals surface area contributed by atoms with E-state index in [2.05, 4.69) is 70.2 Å². The number of hydrogen-bond donors (Lipinski definition) is 2. The third-order valence-electron chi connectivity index (χ3n) is 6.33. The van der Waals surface area contributed by atoms with E-state index in [-0.39, 0.29) is 0 Å². The molecule has 2 unspecified atom stereocenters. The van der Waals surface area contributed by atoms with Crippen molar-refractivity contribution >= 4 is 40.1 Å². The highest BCUT2D eigenvalue weighted by Gasteiger charge is 2.26. The van der Waals surface area contributed by atoms with E-state index in [0.29, 0.717) is 28.4 Å². The van der Waals surface area contributed by atoms with Crippen molar-refractivity contribution in [2.75, 3.05) is 30.4 Å². The van der Waals surface area contributed by atoms with E-state index in [1.54, 1.807) is 18.5 Å². The summed E-state index contributed by atoms with van der Waals surface area (Å²) in [7, 11) is 2.19. The van der Waals surface area contributed by atoms with Gasteiger partial charge in [-0.05, 0) is 51.2 Å². The fourth-order valence-corrected chi connectivity index (χ4v) is 5.11. The van der Waals surface area contributed by atoms with Crippen LogP contribution in [0.15, 0.2) is 54.3 Å². The number of rotatable bonds is 5. The maximum Gasteiger partial charge on any atom is 0.258 e. The number of hydrogen-bond acceptors (Lipinski definition) is 7. The van der Waals surface area contributed by atoms with E-state index in [1.165, 1.54) is 17.0 Å². The van der Waals surface area contributed by atoms with Crippen LogP contribution in [0.2, 0.25) is 0 Å². The molecule has 170 valence electrons. The molecule has 0 radical (unpaired) electrons. The maximum atomic E-state index is 11.5. The molecule has 4 heterocycles. The first kappa shape index (κ1) is 21.4. The minimum atomic E-state index is -0.428. The molecule has 1 amide bonds. The van der Waals surface area contributed by atoms with Crippen LogP contribution in [0.4, 0.5) is 17.2 Å². The molecule has 9 heteroatoms. The van der Waals surface area contributed by atoms with Gasteiger partial charge in [0.15, 0.2) is 11.5 Å². The van der Waals surface area contributed by atoms with Gasteiger partial charge in [-0.1, -0.05) is 0 Å². The molecule has 0 saturated carbocycles. The van der Waals surface area contributed by atoms with Gasteiger partial charge in [0.1, 0.15) is 0 Å². The first-order chi connectivity index (χ1) is 15.9. The zero-order valence-electron chi connectivity index (χ0n) is 18.9. The zero-order valence-corrected chi connectivity index (χ0v) is 19.7. The number of imidazole rings is 1. The summed E-state index contributed by atoms with van der Waals surface area (Å²) in [5, 5.41) is 5.30. The van der Waals surface area contributed by atoms with Crippen LogP contribution in [-0.4, -0.2) is 57.4 Å². The first-order valence-electron chi connectivity index (χ1n) is 11.0. The lowest BCUT2D eigenvalue weighted by atomic mass is 10.1. The molecular weight excluding hydrogens is 434 g/mol. The van der Waals surface area contributed by atoms with Crippen LogP contribution in [0.1, 0.15) is 23.5 Å². The van der Waals surface area contributed by atoms with Crippen molar-refractivity contribution in [3.63, 3.8) is 0 Å². The standard InChI is InChI=1S/C24H27N7OS/c1-15-13-31(16(2)12-29(15)3)19-6-4-18(5-7-19)28-23-24-26-8-9-30(24)20(11-27-23)17-10-21(22(25)32)33-14-17/h4-11,14-16H,12-13H2,1-3H3,(H2,25,32)(H,27,28). The van der Waals surface area contributed by atoms with Gasteiger partial charge in [-0.15, -0.1) is 11.3 Å². The molecule has 1 saturated heterocycles. The molecule has 1 fully saturated rings. The summed E-state index contributed by atoms with van der Waals surface area (Å²) in [6.07, 6.45) is 5.41. The maximum absolute atomic E-state index is 11.5. The Morgan fingerprint density at radius 1 is 1.15 bits per heavy atom. The number of carbonyl (C=O) groups excluding carboxylic acids is 1. The molecule has 1 aliphatic heterocycles. The largest absolute Gasteiger partial charge is 0.366 e. The Balaban J connectivity index is 1.39. The highest BCUT2D eigenvalue weighted by atomic mass is 32.1. The van der Waals surface area contributed by atoms with Gasteiger partial charge in [0.25, 0.3) is 5.91 Å². The third-order valence-corrected chi connectivity index (χ3v) is 7.27. The van der Waals surface area contributed by atoms with Crippen molar-refractivity contribution in [2.45, 2.75) is 25.9 Å². The SMILES string of the molecule is CC1CN(c2ccc(Nc3ncc(-c4csc(C(N)=O)c4)n4ccnc34)cc2)C(C)CN1C. The average molecular weight is 462 g/mol. The topological polar surface area (TPSA) is 91.8 Å². The van der Waals surface area contributed by atoms with Gasteiger partial charge in [0.05, 0.1) is 16.8 Å². The molecule has 0 aliphatic carbocycles. The Hall–Kier alpha value is -3.43. The number of thiophene rings is 1. The van der Waals surface area contributed by atoms with Crippen LogP contribution in [0.25, 0.3) is 16.9 Å². The van der Waals surface area contributed by atoms with Gasteiger partial charge in [-0.3, -0.25) is 14.1 Å². The summed E-state index contributed by atoms with van der Waals surface area (Å²) >= 11 is 1.33. The Bertz CT molecular complexity index is 1300. The number of benzene rings is 1. The molecule has 1 aromatic carbocycles. The minimum absolute atomic E-state index is 0.428. The molecule has 5 rings (SSSR count).